The van der Waals surface area contributed by atoms with E-state index in [2.05, 4.69) is 5.32 Å². The van der Waals surface area contributed by atoms with Crippen molar-refractivity contribution in [3.63, 3.8) is 0 Å². The molecule has 0 bridgehead atoms. The average Bonchev–Trinajstić information content (AvgIpc) is 3.02. The molecule has 1 amide bonds. The third kappa shape index (κ3) is 5.37. The highest BCUT2D eigenvalue weighted by Gasteiger charge is 2.17. The van der Waals surface area contributed by atoms with E-state index in [0.29, 0.717) is 23.2 Å². The van der Waals surface area contributed by atoms with Gasteiger partial charge in [-0.25, -0.2) is 4.79 Å². The third-order valence-corrected chi connectivity index (χ3v) is 3.92. The molecule has 0 radical (unpaired) electrons. The van der Waals surface area contributed by atoms with E-state index in [4.69, 9.17) is 4.74 Å². The zero-order chi connectivity index (χ0) is 20.0. The van der Waals surface area contributed by atoms with E-state index >= 15 is 0 Å². The average molecular weight is 370 g/mol. The molecule has 142 valence electrons. The molecule has 0 aliphatic heterocycles. The summed E-state index contributed by atoms with van der Waals surface area (Å²) in [7, 11) is 1.62. The van der Waals surface area contributed by atoms with Gasteiger partial charge in [-0.05, 0) is 43.7 Å². The Bertz CT molecular complexity index is 865. The Labute approximate surface area is 157 Å². The van der Waals surface area contributed by atoms with E-state index in [-0.39, 0.29) is 23.2 Å². The van der Waals surface area contributed by atoms with Crippen molar-refractivity contribution in [3.8, 4) is 0 Å². The molecule has 27 heavy (non-hydrogen) atoms. The Hall–Kier alpha value is -3.22. The minimum atomic E-state index is -0.679. The number of carbonyl (C=O) groups excluding carboxylic acids is 4. The van der Waals surface area contributed by atoms with E-state index in [0.717, 1.165) is 6.42 Å². The van der Waals surface area contributed by atoms with Crippen LogP contribution in [0.3, 0.4) is 0 Å². The lowest BCUT2D eigenvalue weighted by atomic mass is 10.1. The summed E-state index contributed by atoms with van der Waals surface area (Å²) in [6.45, 7) is 2.91. The van der Waals surface area contributed by atoms with Gasteiger partial charge in [-0.3, -0.25) is 14.4 Å². The molecule has 1 N–H and O–H groups in total. The van der Waals surface area contributed by atoms with Crippen molar-refractivity contribution in [2.45, 2.75) is 26.7 Å². The third-order valence-electron chi connectivity index (χ3n) is 3.92. The van der Waals surface area contributed by atoms with Crippen molar-refractivity contribution in [3.05, 3.63) is 53.3 Å². The highest BCUT2D eigenvalue weighted by atomic mass is 16.5. The van der Waals surface area contributed by atoms with Crippen molar-refractivity contribution in [2.75, 3.05) is 11.9 Å². The zero-order valence-electron chi connectivity index (χ0n) is 15.6. The lowest BCUT2D eigenvalue weighted by Crippen LogP contribution is -2.16. The Morgan fingerprint density at radius 1 is 1.07 bits per heavy atom. The van der Waals surface area contributed by atoms with Crippen molar-refractivity contribution < 1.29 is 23.9 Å². The van der Waals surface area contributed by atoms with E-state index in [1.54, 1.807) is 31.3 Å². The number of Topliss-reactive ketones (excluding diaryl/α,β-unsaturated/α-hetero) is 2. The van der Waals surface area contributed by atoms with Gasteiger partial charge in [0.25, 0.3) is 0 Å². The normalized spacial score (nSPS) is 10.3. The molecule has 0 unspecified atom stereocenters. The number of esters is 1. The molecular formula is C20H22N2O5. The van der Waals surface area contributed by atoms with Crippen molar-refractivity contribution in [1.82, 2.24) is 4.57 Å². The van der Waals surface area contributed by atoms with Gasteiger partial charge in [-0.2, -0.15) is 0 Å². The summed E-state index contributed by atoms with van der Waals surface area (Å²) < 4.78 is 6.54. The number of hydrogen-bond donors (Lipinski definition) is 1. The van der Waals surface area contributed by atoms with Crippen LogP contribution in [0.25, 0.3) is 0 Å². The maximum atomic E-state index is 12.2. The fourth-order valence-corrected chi connectivity index (χ4v) is 2.44. The number of aryl methyl sites for hydroxylation is 1. The molecule has 0 saturated heterocycles. The van der Waals surface area contributed by atoms with Gasteiger partial charge in [-0.15, -0.1) is 0 Å². The molecule has 1 aromatic heterocycles. The maximum absolute atomic E-state index is 12.2. The van der Waals surface area contributed by atoms with Gasteiger partial charge in [-0.1, -0.05) is 6.92 Å². The molecule has 7 nitrogen and oxygen atoms in total. The molecular weight excluding hydrogens is 348 g/mol. The molecule has 2 rings (SSSR count). The van der Waals surface area contributed by atoms with Crippen molar-refractivity contribution in [1.29, 1.82) is 0 Å². The van der Waals surface area contributed by atoms with Gasteiger partial charge in [0.15, 0.2) is 18.2 Å². The van der Waals surface area contributed by atoms with Gasteiger partial charge >= 0.3 is 5.97 Å². The molecule has 7 heteroatoms. The Kier molecular flexibility index (Phi) is 6.65. The molecule has 1 heterocycles. The quantitative estimate of drug-likeness (QED) is 0.569. The van der Waals surface area contributed by atoms with Gasteiger partial charge in [0.2, 0.25) is 5.91 Å². The predicted octanol–water partition coefficient (Wildman–Crippen LogP) is 3.01. The second kappa shape index (κ2) is 8.93. The topological polar surface area (TPSA) is 94.5 Å². The van der Waals surface area contributed by atoms with Crippen LogP contribution < -0.4 is 5.32 Å². The van der Waals surface area contributed by atoms with E-state index in [9.17, 15) is 19.2 Å². The summed E-state index contributed by atoms with van der Waals surface area (Å²) >= 11 is 0. The lowest BCUT2D eigenvalue weighted by molar-refractivity contribution is -0.116. The largest absolute Gasteiger partial charge is 0.453 e. The van der Waals surface area contributed by atoms with E-state index in [1.165, 1.54) is 23.8 Å². The van der Waals surface area contributed by atoms with Crippen LogP contribution in [0.2, 0.25) is 0 Å². The van der Waals surface area contributed by atoms with Crippen molar-refractivity contribution in [2.24, 2.45) is 7.05 Å². The summed E-state index contributed by atoms with van der Waals surface area (Å²) in [6, 6.07) is 7.81. The molecule has 1 aromatic carbocycles. The highest BCUT2D eigenvalue weighted by Crippen LogP contribution is 2.13. The molecule has 0 aliphatic carbocycles. The number of nitrogens with one attached hydrogen (secondary N) is 1. The number of rotatable bonds is 8. The predicted molar refractivity (Wildman–Crippen MR) is 100 cm³/mol. The van der Waals surface area contributed by atoms with Crippen LogP contribution >= 0.6 is 0 Å². The van der Waals surface area contributed by atoms with Gasteiger partial charge in [0, 0.05) is 36.5 Å². The van der Waals surface area contributed by atoms with Crippen LogP contribution in [0.1, 0.15) is 57.9 Å². The first-order valence-corrected chi connectivity index (χ1v) is 8.59. The lowest BCUT2D eigenvalue weighted by Gasteiger charge is -2.07. The Morgan fingerprint density at radius 2 is 1.74 bits per heavy atom. The fraction of sp³-hybridized carbons (Fsp3) is 0.300. The minimum absolute atomic E-state index is 0.0852. The van der Waals surface area contributed by atoms with E-state index < -0.39 is 12.6 Å². The zero-order valence-corrected chi connectivity index (χ0v) is 15.6. The van der Waals surface area contributed by atoms with Gasteiger partial charge in [0.05, 0.1) is 0 Å². The molecule has 2 aromatic rings. The maximum Gasteiger partial charge on any atom is 0.355 e. The second-order valence-electron chi connectivity index (χ2n) is 6.16. The number of amides is 1. The fourth-order valence-electron chi connectivity index (χ4n) is 2.44. The smallest absolute Gasteiger partial charge is 0.355 e. The number of aromatic nitrogens is 1. The number of ketones is 2. The number of carbonyl (C=O) groups is 4. The first-order valence-electron chi connectivity index (χ1n) is 8.59. The summed E-state index contributed by atoms with van der Waals surface area (Å²) in [5.41, 5.74) is 1.56. The van der Waals surface area contributed by atoms with Gasteiger partial charge in [0.1, 0.15) is 5.69 Å². The molecule has 0 spiro atoms. The Morgan fingerprint density at radius 3 is 2.30 bits per heavy atom. The minimum Gasteiger partial charge on any atom is -0.453 e. The van der Waals surface area contributed by atoms with Gasteiger partial charge < -0.3 is 14.6 Å². The monoisotopic (exact) mass is 370 g/mol. The Balaban J connectivity index is 1.94. The first-order chi connectivity index (χ1) is 12.8. The van der Waals surface area contributed by atoms with Crippen LogP contribution in [0.15, 0.2) is 36.5 Å². The first kappa shape index (κ1) is 20.1. The number of ether oxygens (including phenoxy) is 1. The van der Waals surface area contributed by atoms with Crippen LogP contribution in [0.5, 0.6) is 0 Å². The summed E-state index contributed by atoms with van der Waals surface area (Å²) in [5.74, 6) is -1.29. The highest BCUT2D eigenvalue weighted by molar-refractivity contribution is 6.01. The van der Waals surface area contributed by atoms with Crippen LogP contribution in [0.4, 0.5) is 5.69 Å². The SMILES string of the molecule is CCCC(=O)Nc1ccc(C(=O)COC(=O)c2cc(C(C)=O)cn2C)cc1. The second-order valence-corrected chi connectivity index (χ2v) is 6.16. The summed E-state index contributed by atoms with van der Waals surface area (Å²) in [6.07, 6.45) is 2.72. The van der Waals surface area contributed by atoms with Crippen molar-refractivity contribution >= 4 is 29.1 Å². The molecule has 0 aliphatic rings. The number of anilines is 1. The van der Waals surface area contributed by atoms with Crippen LogP contribution in [-0.2, 0) is 16.6 Å². The number of hydrogen-bond acceptors (Lipinski definition) is 5. The van der Waals surface area contributed by atoms with Crippen LogP contribution in [0, 0.1) is 0 Å². The summed E-state index contributed by atoms with van der Waals surface area (Å²) in [5, 5.41) is 2.73. The van der Waals surface area contributed by atoms with Crippen LogP contribution in [-0.4, -0.2) is 34.6 Å². The van der Waals surface area contributed by atoms with E-state index in [1.807, 2.05) is 6.92 Å². The molecule has 0 saturated carbocycles. The summed E-state index contributed by atoms with van der Waals surface area (Å²) in [4.78, 5) is 47.2. The standard InChI is InChI=1S/C20H22N2O5/c1-4-5-19(25)21-16-8-6-14(7-9-16)18(24)12-27-20(26)17-10-15(13(2)23)11-22(17)3/h6-11H,4-5,12H2,1-3H3,(H,21,25). The number of benzene rings is 1. The molecule has 0 fully saturated rings. The number of nitrogens with zero attached hydrogens (tertiary/aromatic N) is 1. The molecule has 0 atom stereocenters.